The Morgan fingerprint density at radius 3 is 2.26 bits per heavy atom. The van der Waals surface area contributed by atoms with E-state index in [9.17, 15) is 18.0 Å². The molecule has 0 aliphatic rings. The molecule has 0 saturated heterocycles. The molecule has 0 saturated carbocycles. The molecule has 1 aromatic carbocycles. The SMILES string of the molecule is CNCc1ccc(CCC(=O)OC)c(C)c1.O=C(O)C(F)(F)F. The van der Waals surface area contributed by atoms with E-state index >= 15 is 0 Å². The van der Waals surface area contributed by atoms with E-state index < -0.39 is 12.1 Å². The summed E-state index contributed by atoms with van der Waals surface area (Å²) < 4.78 is 36.4. The summed E-state index contributed by atoms with van der Waals surface area (Å²) >= 11 is 0. The van der Waals surface area contributed by atoms with Crippen molar-refractivity contribution in [3.8, 4) is 0 Å². The number of carbonyl (C=O) groups is 2. The Hall–Kier alpha value is -2.09. The molecule has 0 spiro atoms. The number of aliphatic carboxylic acids is 1. The second kappa shape index (κ2) is 9.83. The minimum absolute atomic E-state index is 0.154. The number of esters is 1. The van der Waals surface area contributed by atoms with Crippen molar-refractivity contribution in [2.45, 2.75) is 32.5 Å². The Balaban J connectivity index is 0.000000585. The molecule has 0 heterocycles. The van der Waals surface area contributed by atoms with Crippen molar-refractivity contribution in [1.29, 1.82) is 0 Å². The van der Waals surface area contributed by atoms with E-state index in [4.69, 9.17) is 9.90 Å². The Morgan fingerprint density at radius 1 is 1.30 bits per heavy atom. The average molecular weight is 335 g/mol. The van der Waals surface area contributed by atoms with Crippen LogP contribution in [0.25, 0.3) is 0 Å². The van der Waals surface area contributed by atoms with Crippen LogP contribution in [0, 0.1) is 6.92 Å². The van der Waals surface area contributed by atoms with Gasteiger partial charge in [-0.25, -0.2) is 4.79 Å². The highest BCUT2D eigenvalue weighted by Crippen LogP contribution is 2.14. The number of rotatable bonds is 5. The molecular formula is C15H20F3NO4. The average Bonchev–Trinajstić information content (AvgIpc) is 2.46. The summed E-state index contributed by atoms with van der Waals surface area (Å²) in [5, 5.41) is 10.2. The van der Waals surface area contributed by atoms with Gasteiger partial charge in [-0.05, 0) is 37.1 Å². The van der Waals surface area contributed by atoms with Crippen LogP contribution in [0.4, 0.5) is 13.2 Å². The number of carbonyl (C=O) groups excluding carboxylic acids is 1. The molecule has 0 unspecified atom stereocenters. The zero-order valence-corrected chi connectivity index (χ0v) is 13.2. The van der Waals surface area contributed by atoms with Gasteiger partial charge in [0.1, 0.15) is 0 Å². The second-order valence-corrected chi connectivity index (χ2v) is 4.67. The van der Waals surface area contributed by atoms with E-state index in [0.29, 0.717) is 6.42 Å². The van der Waals surface area contributed by atoms with Crippen molar-refractivity contribution in [3.63, 3.8) is 0 Å². The number of benzene rings is 1. The largest absolute Gasteiger partial charge is 0.490 e. The highest BCUT2D eigenvalue weighted by atomic mass is 19.4. The Kier molecular flexibility index (Phi) is 8.94. The molecule has 0 aromatic heterocycles. The molecule has 2 N–H and O–H groups in total. The minimum Gasteiger partial charge on any atom is -0.475 e. The predicted octanol–water partition coefficient (Wildman–Crippen LogP) is 2.45. The molecule has 0 bridgehead atoms. The number of ether oxygens (including phenoxy) is 1. The van der Waals surface area contributed by atoms with Crippen LogP contribution in [-0.2, 0) is 27.3 Å². The van der Waals surface area contributed by atoms with Crippen molar-refractivity contribution in [3.05, 3.63) is 34.9 Å². The lowest BCUT2D eigenvalue weighted by Gasteiger charge is -2.07. The molecule has 0 aliphatic heterocycles. The minimum atomic E-state index is -5.08. The van der Waals surface area contributed by atoms with Gasteiger partial charge in [0.2, 0.25) is 0 Å². The van der Waals surface area contributed by atoms with E-state index in [0.717, 1.165) is 13.0 Å². The van der Waals surface area contributed by atoms with Gasteiger partial charge in [0.15, 0.2) is 0 Å². The summed E-state index contributed by atoms with van der Waals surface area (Å²) in [4.78, 5) is 19.9. The van der Waals surface area contributed by atoms with Gasteiger partial charge in [0.05, 0.1) is 7.11 Å². The van der Waals surface area contributed by atoms with E-state index in [1.807, 2.05) is 7.05 Å². The van der Waals surface area contributed by atoms with E-state index in [1.54, 1.807) is 0 Å². The fourth-order valence-corrected chi connectivity index (χ4v) is 1.69. The molecule has 0 amide bonds. The lowest BCUT2D eigenvalue weighted by atomic mass is 10.0. The zero-order chi connectivity index (χ0) is 18.0. The number of aryl methyl sites for hydroxylation is 2. The molecule has 23 heavy (non-hydrogen) atoms. The normalized spacial score (nSPS) is 10.5. The van der Waals surface area contributed by atoms with Crippen LogP contribution in [0.1, 0.15) is 23.1 Å². The first-order valence-electron chi connectivity index (χ1n) is 6.71. The zero-order valence-electron chi connectivity index (χ0n) is 13.2. The van der Waals surface area contributed by atoms with Crippen molar-refractivity contribution in [2.75, 3.05) is 14.2 Å². The third kappa shape index (κ3) is 8.82. The number of nitrogens with one attached hydrogen (secondary N) is 1. The number of carboxylic acid groups (broad SMARTS) is 1. The molecule has 1 aromatic rings. The maximum absolute atomic E-state index is 11.0. The molecule has 1 rings (SSSR count). The molecule has 130 valence electrons. The number of hydrogen-bond donors (Lipinski definition) is 2. The molecule has 0 atom stereocenters. The standard InChI is InChI=1S/C13H19NO2.C2HF3O2/c1-10-8-11(9-14-2)4-5-12(10)6-7-13(15)16-3;3-2(4,5)1(6)7/h4-5,8,14H,6-7,9H2,1-3H3;(H,6,7). The maximum Gasteiger partial charge on any atom is 0.490 e. The first kappa shape index (κ1) is 20.9. The van der Waals surface area contributed by atoms with Crippen LogP contribution >= 0.6 is 0 Å². The van der Waals surface area contributed by atoms with Crippen molar-refractivity contribution < 1.29 is 32.6 Å². The van der Waals surface area contributed by atoms with Crippen LogP contribution in [-0.4, -0.2) is 37.4 Å². The summed E-state index contributed by atoms with van der Waals surface area (Å²) in [7, 11) is 3.35. The van der Waals surface area contributed by atoms with Gasteiger partial charge < -0.3 is 15.2 Å². The first-order valence-corrected chi connectivity index (χ1v) is 6.71. The van der Waals surface area contributed by atoms with Crippen molar-refractivity contribution in [2.24, 2.45) is 0 Å². The van der Waals surface area contributed by atoms with Gasteiger partial charge in [0, 0.05) is 13.0 Å². The number of hydrogen-bond acceptors (Lipinski definition) is 4. The summed E-state index contributed by atoms with van der Waals surface area (Å²) in [6.07, 6.45) is -3.89. The number of alkyl halides is 3. The van der Waals surface area contributed by atoms with Gasteiger partial charge in [-0.3, -0.25) is 4.79 Å². The Labute approximate surface area is 132 Å². The first-order chi connectivity index (χ1) is 10.6. The van der Waals surface area contributed by atoms with Crippen LogP contribution in [0.2, 0.25) is 0 Å². The highest BCUT2D eigenvalue weighted by molar-refractivity contribution is 5.73. The fourth-order valence-electron chi connectivity index (χ4n) is 1.69. The summed E-state index contributed by atoms with van der Waals surface area (Å²) in [6.45, 7) is 2.95. The summed E-state index contributed by atoms with van der Waals surface area (Å²) in [5.74, 6) is -2.91. The van der Waals surface area contributed by atoms with Gasteiger partial charge in [0.25, 0.3) is 0 Å². The molecule has 8 heteroatoms. The molecule has 0 radical (unpaired) electrons. The van der Waals surface area contributed by atoms with E-state index in [-0.39, 0.29) is 5.97 Å². The smallest absolute Gasteiger partial charge is 0.475 e. The van der Waals surface area contributed by atoms with E-state index in [2.05, 4.69) is 35.2 Å². The van der Waals surface area contributed by atoms with Crippen LogP contribution in [0.3, 0.4) is 0 Å². The van der Waals surface area contributed by atoms with Gasteiger partial charge >= 0.3 is 18.1 Å². The summed E-state index contributed by atoms with van der Waals surface area (Å²) in [5.41, 5.74) is 3.71. The predicted molar refractivity (Wildman–Crippen MR) is 78.0 cm³/mol. The second-order valence-electron chi connectivity index (χ2n) is 4.67. The van der Waals surface area contributed by atoms with E-state index in [1.165, 1.54) is 23.8 Å². The van der Waals surface area contributed by atoms with Crippen LogP contribution < -0.4 is 5.32 Å². The topological polar surface area (TPSA) is 75.6 Å². The fraction of sp³-hybridized carbons (Fsp3) is 0.467. The Morgan fingerprint density at radius 2 is 1.87 bits per heavy atom. The molecule has 0 aliphatic carbocycles. The van der Waals surface area contributed by atoms with Crippen LogP contribution in [0.5, 0.6) is 0 Å². The molecule has 0 fully saturated rings. The summed E-state index contributed by atoms with van der Waals surface area (Å²) in [6, 6.07) is 6.34. The van der Waals surface area contributed by atoms with Crippen LogP contribution in [0.15, 0.2) is 18.2 Å². The third-order valence-corrected chi connectivity index (χ3v) is 2.86. The lowest BCUT2D eigenvalue weighted by molar-refractivity contribution is -0.192. The number of carboxylic acids is 1. The van der Waals surface area contributed by atoms with Crippen molar-refractivity contribution in [1.82, 2.24) is 5.32 Å². The molecular weight excluding hydrogens is 315 g/mol. The number of methoxy groups -OCH3 is 1. The lowest BCUT2D eigenvalue weighted by Crippen LogP contribution is -2.21. The third-order valence-electron chi connectivity index (χ3n) is 2.86. The van der Waals surface area contributed by atoms with Gasteiger partial charge in [-0.2, -0.15) is 13.2 Å². The molecule has 5 nitrogen and oxygen atoms in total. The quantitative estimate of drug-likeness (QED) is 0.809. The van der Waals surface area contributed by atoms with Gasteiger partial charge in [-0.1, -0.05) is 18.2 Å². The number of halogens is 3. The maximum atomic E-state index is 11.0. The van der Waals surface area contributed by atoms with Crippen molar-refractivity contribution >= 4 is 11.9 Å². The Bertz CT molecular complexity index is 530. The monoisotopic (exact) mass is 335 g/mol. The van der Waals surface area contributed by atoms with Gasteiger partial charge in [-0.15, -0.1) is 0 Å². The highest BCUT2D eigenvalue weighted by Gasteiger charge is 2.38.